The SMILES string of the molecule is COC(=O)C(C)(O)CNC(C(N)=O)C(C)C. The highest BCUT2D eigenvalue weighted by Gasteiger charge is 2.33. The van der Waals surface area contributed by atoms with E-state index in [2.05, 4.69) is 10.1 Å². The lowest BCUT2D eigenvalue weighted by Crippen LogP contribution is -2.53. The van der Waals surface area contributed by atoms with Crippen molar-refractivity contribution in [3.63, 3.8) is 0 Å². The minimum Gasteiger partial charge on any atom is -0.467 e. The van der Waals surface area contributed by atoms with Crippen molar-refractivity contribution >= 4 is 11.9 Å². The summed E-state index contributed by atoms with van der Waals surface area (Å²) in [5.41, 5.74) is 3.51. The van der Waals surface area contributed by atoms with Gasteiger partial charge in [0.05, 0.1) is 13.2 Å². The summed E-state index contributed by atoms with van der Waals surface area (Å²) in [4.78, 5) is 22.2. The number of nitrogens with two attached hydrogens (primary N) is 1. The molecule has 0 rings (SSSR count). The number of methoxy groups -OCH3 is 1. The average molecular weight is 232 g/mol. The van der Waals surface area contributed by atoms with Crippen LogP contribution in [0, 0.1) is 5.92 Å². The summed E-state index contributed by atoms with van der Waals surface area (Å²) in [7, 11) is 1.19. The van der Waals surface area contributed by atoms with Gasteiger partial charge in [0.1, 0.15) is 0 Å². The lowest BCUT2D eigenvalue weighted by Gasteiger charge is -2.25. The van der Waals surface area contributed by atoms with Crippen molar-refractivity contribution < 1.29 is 19.4 Å². The predicted molar refractivity (Wildman–Crippen MR) is 58.5 cm³/mol. The van der Waals surface area contributed by atoms with Crippen molar-refractivity contribution in [3.05, 3.63) is 0 Å². The van der Waals surface area contributed by atoms with E-state index in [1.165, 1.54) is 14.0 Å². The van der Waals surface area contributed by atoms with Crippen LogP contribution < -0.4 is 11.1 Å². The van der Waals surface area contributed by atoms with Gasteiger partial charge in [-0.05, 0) is 12.8 Å². The molecule has 0 aliphatic carbocycles. The second-order valence-corrected chi connectivity index (χ2v) is 4.27. The van der Waals surface area contributed by atoms with Gasteiger partial charge in [0.25, 0.3) is 0 Å². The van der Waals surface area contributed by atoms with Crippen LogP contribution in [0.15, 0.2) is 0 Å². The Kier molecular flexibility index (Phi) is 5.40. The topological polar surface area (TPSA) is 102 Å². The maximum Gasteiger partial charge on any atom is 0.338 e. The molecule has 16 heavy (non-hydrogen) atoms. The highest BCUT2D eigenvalue weighted by atomic mass is 16.5. The zero-order valence-corrected chi connectivity index (χ0v) is 10.1. The molecule has 0 heterocycles. The van der Waals surface area contributed by atoms with Crippen molar-refractivity contribution in [2.75, 3.05) is 13.7 Å². The van der Waals surface area contributed by atoms with Crippen LogP contribution in [0.3, 0.4) is 0 Å². The van der Waals surface area contributed by atoms with E-state index in [1.54, 1.807) is 0 Å². The molecule has 0 saturated carbocycles. The number of hydrogen-bond donors (Lipinski definition) is 3. The van der Waals surface area contributed by atoms with Gasteiger partial charge in [-0.1, -0.05) is 13.8 Å². The van der Waals surface area contributed by atoms with Gasteiger partial charge >= 0.3 is 5.97 Å². The van der Waals surface area contributed by atoms with Gasteiger partial charge in [0, 0.05) is 6.54 Å². The van der Waals surface area contributed by atoms with Gasteiger partial charge in [-0.25, -0.2) is 4.79 Å². The summed E-state index contributed by atoms with van der Waals surface area (Å²) >= 11 is 0. The Balaban J connectivity index is 4.41. The van der Waals surface area contributed by atoms with Gasteiger partial charge in [0.2, 0.25) is 5.91 Å². The summed E-state index contributed by atoms with van der Waals surface area (Å²) in [5.74, 6) is -1.30. The first-order valence-electron chi connectivity index (χ1n) is 5.06. The zero-order valence-electron chi connectivity index (χ0n) is 10.1. The Hall–Kier alpha value is -1.14. The van der Waals surface area contributed by atoms with E-state index < -0.39 is 23.5 Å². The molecule has 0 aromatic carbocycles. The fourth-order valence-corrected chi connectivity index (χ4v) is 1.27. The number of primary amides is 1. The fourth-order valence-electron chi connectivity index (χ4n) is 1.27. The number of esters is 1. The molecule has 0 aromatic rings. The molecule has 4 N–H and O–H groups in total. The van der Waals surface area contributed by atoms with Crippen molar-refractivity contribution in [2.45, 2.75) is 32.4 Å². The Labute approximate surface area is 95.1 Å². The summed E-state index contributed by atoms with van der Waals surface area (Å²) in [6.45, 7) is 4.85. The minimum absolute atomic E-state index is 0.0223. The molecular weight excluding hydrogens is 212 g/mol. The zero-order chi connectivity index (χ0) is 12.9. The monoisotopic (exact) mass is 232 g/mol. The molecule has 0 fully saturated rings. The van der Waals surface area contributed by atoms with Gasteiger partial charge in [-0.15, -0.1) is 0 Å². The second-order valence-electron chi connectivity index (χ2n) is 4.27. The normalized spacial score (nSPS) is 16.6. The first-order chi connectivity index (χ1) is 7.22. The van der Waals surface area contributed by atoms with Crippen LogP contribution in [-0.2, 0) is 14.3 Å². The lowest BCUT2D eigenvalue weighted by atomic mass is 10.0. The molecule has 0 spiro atoms. The van der Waals surface area contributed by atoms with E-state index in [0.717, 1.165) is 0 Å². The van der Waals surface area contributed by atoms with Crippen LogP contribution >= 0.6 is 0 Å². The highest BCUT2D eigenvalue weighted by Crippen LogP contribution is 2.07. The third kappa shape index (κ3) is 4.16. The maximum atomic E-state index is 11.2. The number of nitrogens with one attached hydrogen (secondary N) is 1. The molecule has 1 amide bonds. The van der Waals surface area contributed by atoms with Crippen LogP contribution in [0.1, 0.15) is 20.8 Å². The molecular formula is C10H20N2O4. The van der Waals surface area contributed by atoms with Crippen molar-refractivity contribution in [3.8, 4) is 0 Å². The molecule has 0 aliphatic heterocycles. The van der Waals surface area contributed by atoms with Crippen molar-refractivity contribution in [1.29, 1.82) is 0 Å². The molecule has 0 radical (unpaired) electrons. The first kappa shape index (κ1) is 14.9. The van der Waals surface area contributed by atoms with Crippen LogP contribution in [0.5, 0.6) is 0 Å². The number of amides is 1. The van der Waals surface area contributed by atoms with E-state index in [1.807, 2.05) is 13.8 Å². The quantitative estimate of drug-likeness (QED) is 0.510. The second kappa shape index (κ2) is 5.81. The van der Waals surface area contributed by atoms with Gasteiger partial charge in [-0.2, -0.15) is 0 Å². The molecule has 6 nitrogen and oxygen atoms in total. The Morgan fingerprint density at radius 3 is 2.31 bits per heavy atom. The Morgan fingerprint density at radius 1 is 1.50 bits per heavy atom. The standard InChI is InChI=1S/C10H20N2O4/c1-6(2)7(8(11)13)12-5-10(3,15)9(14)16-4/h6-7,12,15H,5H2,1-4H3,(H2,11,13). The number of carbonyl (C=O) groups is 2. The highest BCUT2D eigenvalue weighted by molar-refractivity contribution is 5.81. The van der Waals surface area contributed by atoms with Crippen molar-refractivity contribution in [1.82, 2.24) is 5.32 Å². The number of rotatable bonds is 6. The number of hydrogen-bond acceptors (Lipinski definition) is 5. The van der Waals surface area contributed by atoms with E-state index in [9.17, 15) is 14.7 Å². The third-order valence-corrected chi connectivity index (χ3v) is 2.26. The largest absolute Gasteiger partial charge is 0.467 e. The number of carbonyl (C=O) groups excluding carboxylic acids is 2. The van der Waals surface area contributed by atoms with E-state index >= 15 is 0 Å². The van der Waals surface area contributed by atoms with Crippen LogP contribution in [0.2, 0.25) is 0 Å². The smallest absolute Gasteiger partial charge is 0.338 e. The summed E-state index contributed by atoms with van der Waals surface area (Å²) < 4.78 is 4.42. The van der Waals surface area contributed by atoms with E-state index in [0.29, 0.717) is 0 Å². The molecule has 94 valence electrons. The maximum absolute atomic E-state index is 11.2. The molecule has 0 aliphatic rings. The molecule has 2 atom stereocenters. The van der Waals surface area contributed by atoms with E-state index in [-0.39, 0.29) is 12.5 Å². The number of ether oxygens (including phenoxy) is 1. The molecule has 0 aromatic heterocycles. The van der Waals surface area contributed by atoms with Crippen LogP contribution in [-0.4, -0.2) is 42.3 Å². The Bertz CT molecular complexity index is 264. The van der Waals surface area contributed by atoms with Crippen LogP contribution in [0.4, 0.5) is 0 Å². The lowest BCUT2D eigenvalue weighted by molar-refractivity contribution is -0.160. The summed E-state index contributed by atoms with van der Waals surface area (Å²) in [5, 5.41) is 12.5. The van der Waals surface area contributed by atoms with Crippen LogP contribution in [0.25, 0.3) is 0 Å². The third-order valence-electron chi connectivity index (χ3n) is 2.26. The summed E-state index contributed by atoms with van der Waals surface area (Å²) in [6.07, 6.45) is 0. The average Bonchev–Trinajstić information content (AvgIpc) is 2.15. The minimum atomic E-state index is -1.67. The fraction of sp³-hybridized carbons (Fsp3) is 0.800. The predicted octanol–water partition coefficient (Wildman–Crippen LogP) is -0.990. The van der Waals surface area contributed by atoms with E-state index in [4.69, 9.17) is 5.73 Å². The summed E-state index contributed by atoms with van der Waals surface area (Å²) in [6, 6.07) is -0.587. The molecule has 6 heteroatoms. The van der Waals surface area contributed by atoms with Gasteiger partial charge in [0.15, 0.2) is 5.60 Å². The Morgan fingerprint density at radius 2 is 2.00 bits per heavy atom. The first-order valence-corrected chi connectivity index (χ1v) is 5.06. The van der Waals surface area contributed by atoms with Gasteiger partial charge < -0.3 is 20.9 Å². The van der Waals surface area contributed by atoms with Crippen molar-refractivity contribution in [2.24, 2.45) is 11.7 Å². The molecule has 0 bridgehead atoms. The number of aliphatic hydroxyl groups is 1. The van der Waals surface area contributed by atoms with Gasteiger partial charge in [-0.3, -0.25) is 4.79 Å². The molecule has 2 unspecified atom stereocenters. The molecule has 0 saturated heterocycles.